The van der Waals surface area contributed by atoms with E-state index < -0.39 is 0 Å². The molecule has 1 aliphatic rings. The van der Waals surface area contributed by atoms with Gasteiger partial charge in [-0.2, -0.15) is 0 Å². The van der Waals surface area contributed by atoms with Gasteiger partial charge in [-0.05, 0) is 73.5 Å². The molecule has 1 aromatic carbocycles. The van der Waals surface area contributed by atoms with Crippen LogP contribution in [-0.4, -0.2) is 48.2 Å². The molecule has 1 heterocycles. The highest BCUT2D eigenvalue weighted by molar-refractivity contribution is 14.1. The molecule has 134 valence electrons. The molecule has 1 aromatic rings. The van der Waals surface area contributed by atoms with E-state index in [4.69, 9.17) is 4.74 Å². The first-order valence-corrected chi connectivity index (χ1v) is 9.80. The summed E-state index contributed by atoms with van der Waals surface area (Å²) in [7, 11) is 0. The van der Waals surface area contributed by atoms with Gasteiger partial charge in [0.1, 0.15) is 17.1 Å². The van der Waals surface area contributed by atoms with Crippen molar-refractivity contribution in [3.63, 3.8) is 0 Å². The second kappa shape index (κ2) is 8.89. The molecule has 0 aliphatic carbocycles. The first-order chi connectivity index (χ1) is 11.5. The predicted molar refractivity (Wildman–Crippen MR) is 104 cm³/mol. The van der Waals surface area contributed by atoms with Crippen LogP contribution in [-0.2, 0) is 6.42 Å². The van der Waals surface area contributed by atoms with Gasteiger partial charge in [0.2, 0.25) is 0 Å². The van der Waals surface area contributed by atoms with Crippen LogP contribution in [0.5, 0.6) is 11.5 Å². The Hall–Kier alpha value is -1.02. The number of aromatic hydroxyl groups is 1. The number of hydrogen-bond donors (Lipinski definition) is 2. The van der Waals surface area contributed by atoms with Crippen molar-refractivity contribution in [1.82, 2.24) is 10.2 Å². The Morgan fingerprint density at radius 3 is 2.83 bits per heavy atom. The van der Waals surface area contributed by atoms with Gasteiger partial charge in [0.25, 0.3) is 5.91 Å². The largest absolute Gasteiger partial charge is 0.507 e. The number of nitrogens with zero attached hydrogens (tertiary/aromatic N) is 1. The molecular formula is C18H27IN2O3. The maximum Gasteiger partial charge on any atom is 0.258 e. The van der Waals surface area contributed by atoms with Crippen molar-refractivity contribution in [1.29, 1.82) is 0 Å². The van der Waals surface area contributed by atoms with Crippen LogP contribution in [0.2, 0.25) is 0 Å². The van der Waals surface area contributed by atoms with E-state index in [-0.39, 0.29) is 17.2 Å². The van der Waals surface area contributed by atoms with Crippen LogP contribution in [0.1, 0.15) is 49.5 Å². The number of nitrogens with one attached hydrogen (secondary N) is 1. The summed E-state index contributed by atoms with van der Waals surface area (Å²) in [5.74, 6) is 0.258. The number of halogens is 1. The standard InChI is InChI=1S/C18H27IN2O3/c1-4-12-10-14(19)17(24-6-3)15(16(12)22)18(23)20-11-13-8-7-9-21(13)5-2/h10,13,22H,4-9,11H2,1-3H3,(H,20,23). The summed E-state index contributed by atoms with van der Waals surface area (Å²) in [6, 6.07) is 2.26. The normalized spacial score (nSPS) is 17.9. The second-order valence-electron chi connectivity index (χ2n) is 5.99. The summed E-state index contributed by atoms with van der Waals surface area (Å²) in [5, 5.41) is 13.5. The van der Waals surface area contributed by atoms with E-state index >= 15 is 0 Å². The molecule has 2 rings (SSSR count). The number of hydrogen-bond acceptors (Lipinski definition) is 4. The number of amides is 1. The van der Waals surface area contributed by atoms with E-state index in [1.807, 2.05) is 19.9 Å². The Morgan fingerprint density at radius 2 is 2.21 bits per heavy atom. The molecule has 24 heavy (non-hydrogen) atoms. The van der Waals surface area contributed by atoms with Crippen molar-refractivity contribution in [3.8, 4) is 11.5 Å². The molecule has 6 heteroatoms. The molecule has 0 saturated carbocycles. The number of likely N-dealkylation sites (tertiary alicyclic amines) is 1. The molecule has 1 atom stereocenters. The maximum atomic E-state index is 12.8. The second-order valence-corrected chi connectivity index (χ2v) is 7.15. The van der Waals surface area contributed by atoms with Crippen molar-refractivity contribution >= 4 is 28.5 Å². The minimum Gasteiger partial charge on any atom is -0.507 e. The van der Waals surface area contributed by atoms with E-state index in [1.54, 1.807) is 0 Å². The monoisotopic (exact) mass is 446 g/mol. The molecule has 0 aromatic heterocycles. The minimum absolute atomic E-state index is 0.0395. The average molecular weight is 446 g/mol. The van der Waals surface area contributed by atoms with Gasteiger partial charge in [-0.3, -0.25) is 9.69 Å². The Balaban J connectivity index is 2.22. The molecule has 1 saturated heterocycles. The summed E-state index contributed by atoms with van der Waals surface area (Å²) < 4.78 is 6.50. The third-order valence-corrected chi connectivity index (χ3v) is 5.39. The van der Waals surface area contributed by atoms with Crippen molar-refractivity contribution in [3.05, 3.63) is 20.8 Å². The summed E-state index contributed by atoms with van der Waals surface area (Å²) in [6.45, 7) is 9.13. The van der Waals surface area contributed by atoms with Gasteiger partial charge in [0, 0.05) is 12.6 Å². The van der Waals surface area contributed by atoms with E-state index in [0.29, 0.717) is 31.4 Å². The fourth-order valence-electron chi connectivity index (χ4n) is 3.28. The molecule has 2 N–H and O–H groups in total. The van der Waals surface area contributed by atoms with Gasteiger partial charge in [-0.1, -0.05) is 13.8 Å². The third kappa shape index (κ3) is 4.14. The van der Waals surface area contributed by atoms with E-state index in [2.05, 4.69) is 39.7 Å². The van der Waals surface area contributed by atoms with Crippen LogP contribution in [0, 0.1) is 3.57 Å². The lowest BCUT2D eigenvalue weighted by molar-refractivity contribution is 0.0934. The Morgan fingerprint density at radius 1 is 1.46 bits per heavy atom. The van der Waals surface area contributed by atoms with Gasteiger partial charge >= 0.3 is 0 Å². The highest BCUT2D eigenvalue weighted by Gasteiger charge is 2.26. The van der Waals surface area contributed by atoms with Crippen LogP contribution < -0.4 is 10.1 Å². The van der Waals surface area contributed by atoms with Crippen molar-refractivity contribution < 1.29 is 14.6 Å². The average Bonchev–Trinajstić information content (AvgIpc) is 3.03. The number of benzene rings is 1. The number of carbonyl (C=O) groups excluding carboxylic acids is 1. The van der Waals surface area contributed by atoms with Gasteiger partial charge in [0.15, 0.2) is 0 Å². The molecule has 1 unspecified atom stereocenters. The zero-order valence-electron chi connectivity index (χ0n) is 14.7. The molecular weight excluding hydrogens is 419 g/mol. The van der Waals surface area contributed by atoms with Crippen molar-refractivity contribution in [2.45, 2.75) is 46.1 Å². The number of rotatable bonds is 7. The Bertz CT molecular complexity index is 592. The quantitative estimate of drug-likeness (QED) is 0.632. The zero-order chi connectivity index (χ0) is 17.7. The van der Waals surface area contributed by atoms with Crippen LogP contribution in [0.3, 0.4) is 0 Å². The van der Waals surface area contributed by atoms with Gasteiger partial charge in [0.05, 0.1) is 10.2 Å². The first-order valence-electron chi connectivity index (χ1n) is 8.72. The van der Waals surface area contributed by atoms with Crippen LogP contribution >= 0.6 is 22.6 Å². The Labute approximate surface area is 157 Å². The van der Waals surface area contributed by atoms with Crippen molar-refractivity contribution in [2.24, 2.45) is 0 Å². The van der Waals surface area contributed by atoms with E-state index in [0.717, 1.165) is 28.6 Å². The fourth-order valence-corrected chi connectivity index (χ4v) is 4.08. The molecule has 1 aliphatic heterocycles. The Kier molecular flexibility index (Phi) is 7.16. The lowest BCUT2D eigenvalue weighted by Crippen LogP contribution is -2.40. The topological polar surface area (TPSA) is 61.8 Å². The van der Waals surface area contributed by atoms with Crippen molar-refractivity contribution in [2.75, 3.05) is 26.2 Å². The zero-order valence-corrected chi connectivity index (χ0v) is 16.9. The highest BCUT2D eigenvalue weighted by Crippen LogP contribution is 2.36. The molecule has 1 amide bonds. The highest BCUT2D eigenvalue weighted by atomic mass is 127. The van der Waals surface area contributed by atoms with E-state index in [1.165, 1.54) is 6.42 Å². The summed E-state index contributed by atoms with van der Waals surface area (Å²) in [6.07, 6.45) is 2.94. The number of ether oxygens (including phenoxy) is 1. The first kappa shape index (κ1) is 19.3. The van der Waals surface area contributed by atoms with E-state index in [9.17, 15) is 9.90 Å². The van der Waals surface area contributed by atoms with Crippen LogP contribution in [0.15, 0.2) is 6.07 Å². The van der Waals surface area contributed by atoms with Gasteiger partial charge < -0.3 is 15.2 Å². The third-order valence-electron chi connectivity index (χ3n) is 4.59. The number of aryl methyl sites for hydroxylation is 1. The predicted octanol–water partition coefficient (Wildman–Crippen LogP) is 3.17. The van der Waals surface area contributed by atoms with Crippen LogP contribution in [0.25, 0.3) is 0 Å². The number of phenols is 1. The lowest BCUT2D eigenvalue weighted by Gasteiger charge is -2.23. The number of likely N-dealkylation sites (N-methyl/N-ethyl adjacent to an activating group) is 1. The molecule has 0 spiro atoms. The number of carbonyl (C=O) groups is 1. The summed E-state index contributed by atoms with van der Waals surface area (Å²) in [4.78, 5) is 15.1. The summed E-state index contributed by atoms with van der Waals surface area (Å²) >= 11 is 2.16. The SMILES string of the molecule is CCOc1c(I)cc(CC)c(O)c1C(=O)NCC1CCCN1CC. The molecule has 1 fully saturated rings. The molecule has 0 radical (unpaired) electrons. The molecule has 0 bridgehead atoms. The fraction of sp³-hybridized carbons (Fsp3) is 0.611. The molecule has 5 nitrogen and oxygen atoms in total. The smallest absolute Gasteiger partial charge is 0.258 e. The van der Waals surface area contributed by atoms with Gasteiger partial charge in [-0.25, -0.2) is 0 Å². The van der Waals surface area contributed by atoms with Crippen LogP contribution in [0.4, 0.5) is 0 Å². The lowest BCUT2D eigenvalue weighted by atomic mass is 10.0. The maximum absolute atomic E-state index is 12.8. The minimum atomic E-state index is -0.257. The van der Waals surface area contributed by atoms with Gasteiger partial charge in [-0.15, -0.1) is 0 Å². The number of phenolic OH excluding ortho intramolecular Hbond substituents is 1. The summed E-state index contributed by atoms with van der Waals surface area (Å²) in [5.41, 5.74) is 1.03.